The molecule has 0 saturated carbocycles. The first-order chi connectivity index (χ1) is 9.87. The molecule has 0 amide bonds. The first-order valence-electron chi connectivity index (χ1n) is 7.33. The lowest BCUT2D eigenvalue weighted by atomic mass is 10.1. The molecule has 0 aromatic heterocycles. The second-order valence-corrected chi connectivity index (χ2v) is 7.77. The predicted molar refractivity (Wildman–Crippen MR) is 84.5 cm³/mol. The van der Waals surface area contributed by atoms with Gasteiger partial charge in [-0.25, -0.2) is 8.42 Å². The summed E-state index contributed by atoms with van der Waals surface area (Å²) in [5, 5.41) is 0. The number of nitrogens with two attached hydrogens (primary N) is 1. The Kier molecular flexibility index (Phi) is 5.03. The van der Waals surface area contributed by atoms with Gasteiger partial charge in [-0.05, 0) is 57.1 Å². The third-order valence-corrected chi connectivity index (χ3v) is 6.53. The average molecular weight is 311 g/mol. The number of hydrogen-bond acceptors (Lipinski definition) is 4. The van der Waals surface area contributed by atoms with Gasteiger partial charge in [0, 0.05) is 19.6 Å². The Labute approximate surface area is 127 Å². The third-order valence-electron chi connectivity index (χ3n) is 4.48. The molecule has 1 aliphatic heterocycles. The molecule has 1 aromatic carbocycles. The molecule has 1 aromatic rings. The number of likely N-dealkylation sites (tertiary alicyclic amines) is 1. The van der Waals surface area contributed by atoms with Crippen molar-refractivity contribution in [1.82, 2.24) is 9.21 Å². The van der Waals surface area contributed by atoms with Crippen LogP contribution in [0.1, 0.15) is 24.0 Å². The minimum absolute atomic E-state index is 0.0760. The average Bonchev–Trinajstić information content (AvgIpc) is 2.47. The molecule has 118 valence electrons. The normalized spacial score (nSPS) is 18.3. The molecule has 1 aliphatic rings. The standard InChI is InChI=1S/C15H25N3O2S/c1-12-13(11-16)5-4-6-15(12)21(19,20)18(3)14-7-9-17(2)10-8-14/h4-6,14H,7-11,16H2,1-3H3. The van der Waals surface area contributed by atoms with Gasteiger partial charge < -0.3 is 10.6 Å². The summed E-state index contributed by atoms with van der Waals surface area (Å²) in [6.07, 6.45) is 1.75. The molecule has 1 fully saturated rings. The minimum Gasteiger partial charge on any atom is -0.326 e. The quantitative estimate of drug-likeness (QED) is 0.906. The molecular weight excluding hydrogens is 286 g/mol. The van der Waals surface area contributed by atoms with Gasteiger partial charge in [0.2, 0.25) is 10.0 Å². The topological polar surface area (TPSA) is 66.6 Å². The molecule has 0 unspecified atom stereocenters. The van der Waals surface area contributed by atoms with Crippen LogP contribution in [-0.4, -0.2) is 50.8 Å². The number of hydrogen-bond donors (Lipinski definition) is 1. The highest BCUT2D eigenvalue weighted by molar-refractivity contribution is 7.89. The van der Waals surface area contributed by atoms with Crippen LogP contribution in [0.3, 0.4) is 0 Å². The summed E-state index contributed by atoms with van der Waals surface area (Å²) in [6, 6.07) is 5.40. The summed E-state index contributed by atoms with van der Waals surface area (Å²) in [4.78, 5) is 2.61. The summed E-state index contributed by atoms with van der Waals surface area (Å²) >= 11 is 0. The van der Waals surface area contributed by atoms with Crippen LogP contribution in [0.25, 0.3) is 0 Å². The van der Waals surface area contributed by atoms with E-state index < -0.39 is 10.0 Å². The number of piperidine rings is 1. The minimum atomic E-state index is -3.46. The lowest BCUT2D eigenvalue weighted by Crippen LogP contribution is -2.44. The van der Waals surface area contributed by atoms with Crippen molar-refractivity contribution in [1.29, 1.82) is 0 Å². The van der Waals surface area contributed by atoms with Crippen molar-refractivity contribution < 1.29 is 8.42 Å². The monoisotopic (exact) mass is 311 g/mol. The highest BCUT2D eigenvalue weighted by Gasteiger charge is 2.31. The Balaban J connectivity index is 2.29. The van der Waals surface area contributed by atoms with E-state index in [2.05, 4.69) is 11.9 Å². The Morgan fingerprint density at radius 3 is 2.52 bits per heavy atom. The Bertz CT molecular complexity index is 593. The Morgan fingerprint density at radius 2 is 1.95 bits per heavy atom. The SMILES string of the molecule is Cc1c(CN)cccc1S(=O)(=O)N(C)C1CCN(C)CC1. The Hall–Kier alpha value is -0.950. The molecule has 2 rings (SSSR count). The fraction of sp³-hybridized carbons (Fsp3) is 0.600. The lowest BCUT2D eigenvalue weighted by molar-refractivity contribution is 0.197. The van der Waals surface area contributed by atoms with E-state index in [1.807, 2.05) is 13.0 Å². The smallest absolute Gasteiger partial charge is 0.243 e. The highest BCUT2D eigenvalue weighted by Crippen LogP contribution is 2.26. The third kappa shape index (κ3) is 3.29. The van der Waals surface area contributed by atoms with Crippen molar-refractivity contribution in [3.63, 3.8) is 0 Å². The number of sulfonamides is 1. The molecule has 0 atom stereocenters. The molecule has 21 heavy (non-hydrogen) atoms. The van der Waals surface area contributed by atoms with E-state index in [1.54, 1.807) is 23.5 Å². The molecule has 1 saturated heterocycles. The summed E-state index contributed by atoms with van der Waals surface area (Å²) in [7, 11) is 0.303. The van der Waals surface area contributed by atoms with Crippen LogP contribution in [0.15, 0.2) is 23.1 Å². The van der Waals surface area contributed by atoms with Gasteiger partial charge in [-0.15, -0.1) is 0 Å². The second kappa shape index (κ2) is 6.44. The van der Waals surface area contributed by atoms with Crippen LogP contribution in [0.4, 0.5) is 0 Å². The molecule has 0 aliphatic carbocycles. The van der Waals surface area contributed by atoms with Gasteiger partial charge in [0.05, 0.1) is 4.90 Å². The van der Waals surface area contributed by atoms with E-state index in [9.17, 15) is 8.42 Å². The van der Waals surface area contributed by atoms with Gasteiger partial charge >= 0.3 is 0 Å². The van der Waals surface area contributed by atoms with Crippen LogP contribution in [0.5, 0.6) is 0 Å². The maximum Gasteiger partial charge on any atom is 0.243 e. The largest absolute Gasteiger partial charge is 0.326 e. The van der Waals surface area contributed by atoms with Gasteiger partial charge in [-0.1, -0.05) is 12.1 Å². The van der Waals surface area contributed by atoms with E-state index in [1.165, 1.54) is 0 Å². The molecular formula is C15H25N3O2S. The number of benzene rings is 1. The molecule has 5 nitrogen and oxygen atoms in total. The Morgan fingerprint density at radius 1 is 1.33 bits per heavy atom. The molecule has 2 N–H and O–H groups in total. The van der Waals surface area contributed by atoms with Gasteiger partial charge in [0.15, 0.2) is 0 Å². The summed E-state index contributed by atoms with van der Waals surface area (Å²) in [6.45, 7) is 4.06. The van der Waals surface area contributed by atoms with Crippen molar-refractivity contribution in [3.8, 4) is 0 Å². The molecule has 1 heterocycles. The van der Waals surface area contributed by atoms with Crippen molar-refractivity contribution in [2.75, 3.05) is 27.2 Å². The zero-order valence-electron chi connectivity index (χ0n) is 13.0. The van der Waals surface area contributed by atoms with Gasteiger partial charge in [-0.3, -0.25) is 0 Å². The maximum absolute atomic E-state index is 12.9. The lowest BCUT2D eigenvalue weighted by Gasteiger charge is -2.34. The first kappa shape index (κ1) is 16.4. The van der Waals surface area contributed by atoms with Crippen molar-refractivity contribution >= 4 is 10.0 Å². The van der Waals surface area contributed by atoms with E-state index in [-0.39, 0.29) is 6.04 Å². The fourth-order valence-electron chi connectivity index (χ4n) is 2.87. The number of nitrogens with zero attached hydrogens (tertiary/aromatic N) is 2. The summed E-state index contributed by atoms with van der Waals surface area (Å²) in [5.74, 6) is 0. The molecule has 0 spiro atoms. The zero-order chi connectivity index (χ0) is 15.6. The van der Waals surface area contributed by atoms with Crippen LogP contribution in [0, 0.1) is 6.92 Å². The van der Waals surface area contributed by atoms with Crippen LogP contribution >= 0.6 is 0 Å². The zero-order valence-corrected chi connectivity index (χ0v) is 13.9. The summed E-state index contributed by atoms with van der Waals surface area (Å²) < 4.78 is 27.3. The molecule has 6 heteroatoms. The molecule has 0 bridgehead atoms. The van der Waals surface area contributed by atoms with Gasteiger partial charge in [-0.2, -0.15) is 4.31 Å². The second-order valence-electron chi connectivity index (χ2n) is 5.80. The summed E-state index contributed by atoms with van der Waals surface area (Å²) in [5.41, 5.74) is 7.33. The van der Waals surface area contributed by atoms with Crippen LogP contribution in [-0.2, 0) is 16.6 Å². The van der Waals surface area contributed by atoms with Crippen molar-refractivity contribution in [2.24, 2.45) is 5.73 Å². The number of rotatable bonds is 4. The van der Waals surface area contributed by atoms with E-state index >= 15 is 0 Å². The van der Waals surface area contributed by atoms with Crippen molar-refractivity contribution in [3.05, 3.63) is 29.3 Å². The van der Waals surface area contributed by atoms with E-state index in [4.69, 9.17) is 5.73 Å². The van der Waals surface area contributed by atoms with Crippen molar-refractivity contribution in [2.45, 2.75) is 37.2 Å². The fourth-order valence-corrected chi connectivity index (χ4v) is 4.55. The maximum atomic E-state index is 12.9. The van der Waals surface area contributed by atoms with Crippen LogP contribution < -0.4 is 5.73 Å². The predicted octanol–water partition coefficient (Wildman–Crippen LogP) is 1.17. The molecule has 0 radical (unpaired) electrons. The first-order valence-corrected chi connectivity index (χ1v) is 8.77. The van der Waals surface area contributed by atoms with Crippen LogP contribution in [0.2, 0.25) is 0 Å². The van der Waals surface area contributed by atoms with E-state index in [0.29, 0.717) is 11.4 Å². The van der Waals surface area contributed by atoms with E-state index in [0.717, 1.165) is 37.1 Å². The highest BCUT2D eigenvalue weighted by atomic mass is 32.2. The van der Waals surface area contributed by atoms with Gasteiger partial charge in [0.25, 0.3) is 0 Å². The van der Waals surface area contributed by atoms with Gasteiger partial charge in [0.1, 0.15) is 0 Å².